The van der Waals surface area contributed by atoms with Crippen molar-refractivity contribution in [3.63, 3.8) is 0 Å². The van der Waals surface area contributed by atoms with Crippen molar-refractivity contribution in [3.8, 4) is 5.75 Å². The number of rotatable bonds is 4. The zero-order valence-corrected chi connectivity index (χ0v) is 12.5. The smallest absolute Gasteiger partial charge is 0.255 e. The number of aromatic nitrogens is 1. The Morgan fingerprint density at radius 2 is 1.91 bits per heavy atom. The first-order valence-corrected chi connectivity index (χ1v) is 7.70. The van der Waals surface area contributed by atoms with E-state index in [1.807, 2.05) is 41.3 Å². The van der Waals surface area contributed by atoms with Gasteiger partial charge in [0.1, 0.15) is 5.75 Å². The van der Waals surface area contributed by atoms with Gasteiger partial charge in [-0.3, -0.25) is 9.78 Å². The largest absolute Gasteiger partial charge is 0.493 e. The molecule has 4 heteroatoms. The molecule has 0 N–H and O–H groups in total. The van der Waals surface area contributed by atoms with Crippen LogP contribution >= 0.6 is 0 Å². The number of carbonyl (C=O) groups is 1. The lowest BCUT2D eigenvalue weighted by molar-refractivity contribution is 0.0660. The third-order valence-electron chi connectivity index (χ3n) is 4.04. The Labute approximate surface area is 130 Å². The van der Waals surface area contributed by atoms with Gasteiger partial charge in [-0.05, 0) is 43.0 Å². The SMILES string of the molecule is O=C(c1cccnc1)N1CCC(COc2ccccc2)CC1. The molecule has 2 heterocycles. The molecule has 114 valence electrons. The van der Waals surface area contributed by atoms with Gasteiger partial charge in [0.2, 0.25) is 0 Å². The van der Waals surface area contributed by atoms with E-state index < -0.39 is 0 Å². The molecule has 22 heavy (non-hydrogen) atoms. The second-order valence-electron chi connectivity index (χ2n) is 5.60. The summed E-state index contributed by atoms with van der Waals surface area (Å²) in [5, 5.41) is 0. The molecule has 4 nitrogen and oxygen atoms in total. The summed E-state index contributed by atoms with van der Waals surface area (Å²) in [7, 11) is 0. The minimum Gasteiger partial charge on any atom is -0.493 e. The number of benzene rings is 1. The quantitative estimate of drug-likeness (QED) is 0.871. The van der Waals surface area contributed by atoms with Gasteiger partial charge in [0.15, 0.2) is 0 Å². The predicted molar refractivity (Wildman–Crippen MR) is 84.8 cm³/mol. The number of ether oxygens (including phenoxy) is 1. The van der Waals surface area contributed by atoms with Crippen LogP contribution in [-0.4, -0.2) is 35.5 Å². The average molecular weight is 296 g/mol. The van der Waals surface area contributed by atoms with E-state index in [0.717, 1.165) is 38.3 Å². The highest BCUT2D eigenvalue weighted by Crippen LogP contribution is 2.20. The number of nitrogens with zero attached hydrogens (tertiary/aromatic N) is 2. The summed E-state index contributed by atoms with van der Waals surface area (Å²) in [6.07, 6.45) is 5.29. The van der Waals surface area contributed by atoms with Crippen LogP contribution in [0.25, 0.3) is 0 Å². The fraction of sp³-hybridized carbons (Fsp3) is 0.333. The van der Waals surface area contributed by atoms with Crippen molar-refractivity contribution >= 4 is 5.91 Å². The van der Waals surface area contributed by atoms with Crippen LogP contribution in [0.4, 0.5) is 0 Å². The minimum absolute atomic E-state index is 0.0792. The second kappa shape index (κ2) is 7.07. The maximum Gasteiger partial charge on any atom is 0.255 e. The molecule has 1 aromatic carbocycles. The number of piperidine rings is 1. The van der Waals surface area contributed by atoms with E-state index >= 15 is 0 Å². The van der Waals surface area contributed by atoms with Crippen LogP contribution in [0.2, 0.25) is 0 Å². The number of carbonyl (C=O) groups excluding carboxylic acids is 1. The Balaban J connectivity index is 1.47. The van der Waals surface area contributed by atoms with Crippen molar-refractivity contribution in [2.45, 2.75) is 12.8 Å². The lowest BCUT2D eigenvalue weighted by Crippen LogP contribution is -2.39. The van der Waals surface area contributed by atoms with Crippen LogP contribution in [0, 0.1) is 5.92 Å². The van der Waals surface area contributed by atoms with Gasteiger partial charge in [-0.25, -0.2) is 0 Å². The Kier molecular flexibility index (Phi) is 4.68. The van der Waals surface area contributed by atoms with Crippen LogP contribution in [0.1, 0.15) is 23.2 Å². The standard InChI is InChI=1S/C18H20N2O2/c21-18(16-5-4-10-19-13-16)20-11-8-15(9-12-20)14-22-17-6-2-1-3-7-17/h1-7,10,13,15H,8-9,11-12,14H2. The Morgan fingerprint density at radius 1 is 1.14 bits per heavy atom. The van der Waals surface area contributed by atoms with Crippen molar-refractivity contribution in [3.05, 3.63) is 60.4 Å². The van der Waals surface area contributed by atoms with Gasteiger partial charge in [-0.15, -0.1) is 0 Å². The molecule has 1 fully saturated rings. The molecule has 1 aliphatic heterocycles. The molecule has 0 saturated carbocycles. The summed E-state index contributed by atoms with van der Waals surface area (Å²) in [6, 6.07) is 13.5. The molecule has 3 rings (SSSR count). The fourth-order valence-corrected chi connectivity index (χ4v) is 2.71. The molecule has 0 radical (unpaired) electrons. The van der Waals surface area contributed by atoms with Gasteiger partial charge in [0.05, 0.1) is 12.2 Å². The average Bonchev–Trinajstić information content (AvgIpc) is 2.61. The normalized spacial score (nSPS) is 15.5. The molecule has 0 aliphatic carbocycles. The molecular weight excluding hydrogens is 276 g/mol. The Morgan fingerprint density at radius 3 is 2.59 bits per heavy atom. The molecular formula is C18H20N2O2. The molecule has 0 atom stereocenters. The maximum atomic E-state index is 12.3. The van der Waals surface area contributed by atoms with Crippen molar-refractivity contribution in [1.29, 1.82) is 0 Å². The number of hydrogen-bond donors (Lipinski definition) is 0. The van der Waals surface area contributed by atoms with Gasteiger partial charge < -0.3 is 9.64 Å². The van der Waals surface area contributed by atoms with Gasteiger partial charge in [-0.1, -0.05) is 18.2 Å². The third kappa shape index (κ3) is 3.64. The Bertz CT molecular complexity index is 593. The fourth-order valence-electron chi connectivity index (χ4n) is 2.71. The molecule has 0 spiro atoms. The van der Waals surface area contributed by atoms with E-state index in [9.17, 15) is 4.79 Å². The molecule has 1 aromatic heterocycles. The summed E-state index contributed by atoms with van der Waals surface area (Å²) in [6.45, 7) is 2.30. The highest BCUT2D eigenvalue weighted by molar-refractivity contribution is 5.93. The maximum absolute atomic E-state index is 12.3. The summed E-state index contributed by atoms with van der Waals surface area (Å²) < 4.78 is 5.81. The topological polar surface area (TPSA) is 42.4 Å². The van der Waals surface area contributed by atoms with Crippen LogP contribution < -0.4 is 4.74 Å². The van der Waals surface area contributed by atoms with Crippen molar-refractivity contribution < 1.29 is 9.53 Å². The van der Waals surface area contributed by atoms with E-state index in [1.165, 1.54) is 0 Å². The predicted octanol–water partition coefficient (Wildman–Crippen LogP) is 3.01. The van der Waals surface area contributed by atoms with Crippen molar-refractivity contribution in [2.24, 2.45) is 5.92 Å². The zero-order valence-electron chi connectivity index (χ0n) is 12.5. The van der Waals surface area contributed by atoms with E-state index in [2.05, 4.69) is 4.98 Å². The van der Waals surface area contributed by atoms with Crippen LogP contribution in [0.5, 0.6) is 5.75 Å². The van der Waals surface area contributed by atoms with E-state index in [4.69, 9.17) is 4.74 Å². The first-order valence-electron chi connectivity index (χ1n) is 7.70. The molecule has 1 saturated heterocycles. The molecule has 2 aromatic rings. The third-order valence-corrected chi connectivity index (χ3v) is 4.04. The van der Waals surface area contributed by atoms with Crippen molar-refractivity contribution in [2.75, 3.05) is 19.7 Å². The lowest BCUT2D eigenvalue weighted by Gasteiger charge is -2.31. The molecule has 0 bridgehead atoms. The molecule has 0 unspecified atom stereocenters. The summed E-state index contributed by atoms with van der Waals surface area (Å²) >= 11 is 0. The highest BCUT2D eigenvalue weighted by atomic mass is 16.5. The molecule has 1 amide bonds. The minimum atomic E-state index is 0.0792. The van der Waals surface area contributed by atoms with Gasteiger partial charge in [0, 0.05) is 25.5 Å². The summed E-state index contributed by atoms with van der Waals surface area (Å²) in [5.74, 6) is 1.50. The van der Waals surface area contributed by atoms with E-state index in [-0.39, 0.29) is 5.91 Å². The second-order valence-corrected chi connectivity index (χ2v) is 5.60. The van der Waals surface area contributed by atoms with Crippen LogP contribution in [0.3, 0.4) is 0 Å². The van der Waals surface area contributed by atoms with Gasteiger partial charge in [-0.2, -0.15) is 0 Å². The summed E-state index contributed by atoms with van der Waals surface area (Å²) in [5.41, 5.74) is 0.668. The van der Waals surface area contributed by atoms with E-state index in [1.54, 1.807) is 18.5 Å². The number of likely N-dealkylation sites (tertiary alicyclic amines) is 1. The first kappa shape index (κ1) is 14.6. The van der Waals surface area contributed by atoms with Crippen LogP contribution in [0.15, 0.2) is 54.9 Å². The lowest BCUT2D eigenvalue weighted by atomic mass is 9.97. The van der Waals surface area contributed by atoms with Crippen molar-refractivity contribution in [1.82, 2.24) is 9.88 Å². The number of pyridine rings is 1. The highest BCUT2D eigenvalue weighted by Gasteiger charge is 2.24. The van der Waals surface area contributed by atoms with Gasteiger partial charge >= 0.3 is 0 Å². The van der Waals surface area contributed by atoms with Crippen LogP contribution in [-0.2, 0) is 0 Å². The van der Waals surface area contributed by atoms with E-state index in [0.29, 0.717) is 11.5 Å². The first-order chi connectivity index (χ1) is 10.8. The number of amides is 1. The van der Waals surface area contributed by atoms with Gasteiger partial charge in [0.25, 0.3) is 5.91 Å². The molecule has 1 aliphatic rings. The Hall–Kier alpha value is -2.36. The monoisotopic (exact) mass is 296 g/mol. The zero-order chi connectivity index (χ0) is 15.2. The number of hydrogen-bond acceptors (Lipinski definition) is 3. The summed E-state index contributed by atoms with van der Waals surface area (Å²) in [4.78, 5) is 18.3. The number of para-hydroxylation sites is 1.